The lowest BCUT2D eigenvalue weighted by atomic mass is 10.1. The summed E-state index contributed by atoms with van der Waals surface area (Å²) >= 11 is 6.21. The number of anilines is 2. The number of hydrogen-bond acceptors (Lipinski definition) is 7. The topological polar surface area (TPSA) is 124 Å². The van der Waals surface area contributed by atoms with E-state index in [9.17, 15) is 4.79 Å². The number of pyridine rings is 1. The van der Waals surface area contributed by atoms with Gasteiger partial charge in [-0.25, -0.2) is 9.97 Å². The van der Waals surface area contributed by atoms with E-state index in [-0.39, 0.29) is 11.5 Å². The van der Waals surface area contributed by atoms with E-state index in [4.69, 9.17) is 27.1 Å². The molecule has 174 valence electrons. The number of aryl methyl sites for hydroxylation is 1. The summed E-state index contributed by atoms with van der Waals surface area (Å²) in [6, 6.07) is 11.6. The lowest BCUT2D eigenvalue weighted by Gasteiger charge is -2.14. The predicted octanol–water partition coefficient (Wildman–Crippen LogP) is 4.35. The number of hydrogen-bond donors (Lipinski definition) is 3. The van der Waals surface area contributed by atoms with Crippen molar-refractivity contribution in [1.82, 2.24) is 24.5 Å². The standard InChI is InChI=1S/C24H24ClN7O2/c1-34-15-6-8-18-17(12-15)20(16-7-5-14(25)11-19(16)29-18)27-9-3-2-4-10-32-13-28-21-22(32)30-24(26)31-23(21)33/h5-8,11-13H,2-4,9-10H2,1H3,(H,27,29)(H3,26,30,31,33). The number of aromatic amines is 1. The number of nitrogens with two attached hydrogens (primary N) is 1. The Kier molecular flexibility index (Phi) is 5.93. The Bertz CT molecular complexity index is 1560. The molecule has 0 aliphatic carbocycles. The van der Waals surface area contributed by atoms with Gasteiger partial charge >= 0.3 is 0 Å². The molecule has 0 bridgehead atoms. The number of nitrogens with zero attached hydrogens (tertiary/aromatic N) is 4. The molecule has 0 saturated heterocycles. The summed E-state index contributed by atoms with van der Waals surface area (Å²) in [7, 11) is 1.66. The van der Waals surface area contributed by atoms with Crippen LogP contribution in [0.15, 0.2) is 47.5 Å². The van der Waals surface area contributed by atoms with Crippen LogP contribution < -0.4 is 21.3 Å². The monoisotopic (exact) mass is 477 g/mol. The smallest absolute Gasteiger partial charge is 0.280 e. The molecular weight excluding hydrogens is 454 g/mol. The molecule has 0 amide bonds. The molecule has 9 nitrogen and oxygen atoms in total. The Morgan fingerprint density at radius 1 is 1.09 bits per heavy atom. The molecule has 0 radical (unpaired) electrons. The number of benzene rings is 2. The highest BCUT2D eigenvalue weighted by molar-refractivity contribution is 6.31. The predicted molar refractivity (Wildman–Crippen MR) is 136 cm³/mol. The molecule has 0 atom stereocenters. The van der Waals surface area contributed by atoms with E-state index < -0.39 is 0 Å². The Labute approximate surface area is 199 Å². The minimum absolute atomic E-state index is 0.0955. The fourth-order valence-corrected chi connectivity index (χ4v) is 4.31. The Morgan fingerprint density at radius 2 is 1.97 bits per heavy atom. The van der Waals surface area contributed by atoms with Crippen molar-refractivity contribution in [2.24, 2.45) is 0 Å². The van der Waals surface area contributed by atoms with Gasteiger partial charge in [-0.1, -0.05) is 11.6 Å². The van der Waals surface area contributed by atoms with E-state index in [0.29, 0.717) is 22.7 Å². The third-order valence-electron chi connectivity index (χ3n) is 5.81. The van der Waals surface area contributed by atoms with Crippen LogP contribution in [0.5, 0.6) is 5.75 Å². The van der Waals surface area contributed by atoms with Crippen molar-refractivity contribution in [3.05, 3.63) is 58.1 Å². The highest BCUT2D eigenvalue weighted by Gasteiger charge is 2.11. The van der Waals surface area contributed by atoms with Gasteiger partial charge in [0.1, 0.15) is 5.75 Å². The van der Waals surface area contributed by atoms with E-state index in [0.717, 1.165) is 59.0 Å². The van der Waals surface area contributed by atoms with Crippen LogP contribution in [0.2, 0.25) is 5.02 Å². The fraction of sp³-hybridized carbons (Fsp3) is 0.250. The second-order valence-corrected chi connectivity index (χ2v) is 8.52. The van der Waals surface area contributed by atoms with Gasteiger partial charge in [0.15, 0.2) is 11.2 Å². The Morgan fingerprint density at radius 3 is 2.82 bits per heavy atom. The van der Waals surface area contributed by atoms with Crippen molar-refractivity contribution < 1.29 is 4.74 Å². The molecule has 0 spiro atoms. The summed E-state index contributed by atoms with van der Waals surface area (Å²) in [5, 5.41) is 6.29. The molecule has 0 aliphatic heterocycles. The maximum absolute atomic E-state index is 11.9. The van der Waals surface area contributed by atoms with Gasteiger partial charge in [0.25, 0.3) is 5.56 Å². The number of methoxy groups -OCH3 is 1. The van der Waals surface area contributed by atoms with Crippen molar-refractivity contribution in [2.75, 3.05) is 24.7 Å². The molecule has 34 heavy (non-hydrogen) atoms. The SMILES string of the molecule is COc1ccc2nc3cc(Cl)ccc3c(NCCCCCn3cnc4c(=O)[nH]c(N)nc43)c2c1. The van der Waals surface area contributed by atoms with Crippen molar-refractivity contribution >= 4 is 56.2 Å². The van der Waals surface area contributed by atoms with E-state index in [1.54, 1.807) is 13.4 Å². The molecule has 2 aromatic carbocycles. The molecule has 0 unspecified atom stereocenters. The summed E-state index contributed by atoms with van der Waals surface area (Å²) in [5.41, 5.74) is 8.93. The van der Waals surface area contributed by atoms with E-state index in [2.05, 4.69) is 20.3 Å². The quantitative estimate of drug-likeness (QED) is 0.224. The van der Waals surface area contributed by atoms with Gasteiger partial charge in [0.05, 0.1) is 30.2 Å². The first-order chi connectivity index (χ1) is 16.5. The third kappa shape index (κ3) is 4.22. The number of rotatable bonds is 8. The third-order valence-corrected chi connectivity index (χ3v) is 6.05. The first-order valence-corrected chi connectivity index (χ1v) is 11.4. The lowest BCUT2D eigenvalue weighted by molar-refractivity contribution is 0.415. The summed E-state index contributed by atoms with van der Waals surface area (Å²) in [6.45, 7) is 1.51. The summed E-state index contributed by atoms with van der Waals surface area (Å²) in [6.07, 6.45) is 4.51. The molecule has 3 aromatic heterocycles. The van der Waals surface area contributed by atoms with E-state index in [1.165, 1.54) is 0 Å². The average molecular weight is 478 g/mol. The van der Waals surface area contributed by atoms with Gasteiger partial charge < -0.3 is 20.4 Å². The van der Waals surface area contributed by atoms with Gasteiger partial charge in [-0.2, -0.15) is 4.98 Å². The summed E-state index contributed by atoms with van der Waals surface area (Å²) in [4.78, 5) is 27.5. The Balaban J connectivity index is 1.28. The number of nitrogens with one attached hydrogen (secondary N) is 2. The minimum Gasteiger partial charge on any atom is -0.497 e. The first-order valence-electron chi connectivity index (χ1n) is 11.0. The molecule has 0 fully saturated rings. The van der Waals surface area contributed by atoms with Gasteiger partial charge in [0.2, 0.25) is 5.95 Å². The Hall–Kier alpha value is -3.85. The molecule has 4 N–H and O–H groups in total. The van der Waals surface area contributed by atoms with Crippen LogP contribution in [-0.4, -0.2) is 38.2 Å². The number of halogens is 1. The van der Waals surface area contributed by atoms with Crippen LogP contribution in [0.1, 0.15) is 19.3 Å². The maximum atomic E-state index is 11.9. The number of nitrogen functional groups attached to an aromatic ring is 1. The van der Waals surface area contributed by atoms with Crippen LogP contribution in [0, 0.1) is 0 Å². The first kappa shape index (κ1) is 22.0. The molecule has 10 heteroatoms. The number of aromatic nitrogens is 5. The maximum Gasteiger partial charge on any atom is 0.280 e. The van der Waals surface area contributed by atoms with Gasteiger partial charge in [0, 0.05) is 28.9 Å². The average Bonchev–Trinajstić information content (AvgIpc) is 3.23. The highest BCUT2D eigenvalue weighted by Crippen LogP contribution is 2.34. The summed E-state index contributed by atoms with van der Waals surface area (Å²) < 4.78 is 7.30. The molecular formula is C24H24ClN7O2. The van der Waals surface area contributed by atoms with E-state index >= 15 is 0 Å². The van der Waals surface area contributed by atoms with Crippen LogP contribution >= 0.6 is 11.6 Å². The highest BCUT2D eigenvalue weighted by atomic mass is 35.5. The normalized spacial score (nSPS) is 11.5. The lowest BCUT2D eigenvalue weighted by Crippen LogP contribution is -2.12. The van der Waals surface area contributed by atoms with Gasteiger partial charge in [-0.15, -0.1) is 0 Å². The number of H-pyrrole nitrogens is 1. The largest absolute Gasteiger partial charge is 0.497 e. The van der Waals surface area contributed by atoms with Crippen molar-refractivity contribution in [3.8, 4) is 5.75 Å². The number of imidazole rings is 1. The van der Waals surface area contributed by atoms with Crippen molar-refractivity contribution in [2.45, 2.75) is 25.8 Å². The fourth-order valence-electron chi connectivity index (χ4n) is 4.15. The zero-order chi connectivity index (χ0) is 23.7. The zero-order valence-corrected chi connectivity index (χ0v) is 19.4. The van der Waals surface area contributed by atoms with Gasteiger partial charge in [-0.05, 0) is 55.7 Å². The van der Waals surface area contributed by atoms with Crippen LogP contribution in [0.3, 0.4) is 0 Å². The van der Waals surface area contributed by atoms with E-state index in [1.807, 2.05) is 41.0 Å². The van der Waals surface area contributed by atoms with Crippen LogP contribution in [-0.2, 0) is 6.54 Å². The molecule has 5 aromatic rings. The van der Waals surface area contributed by atoms with Crippen molar-refractivity contribution in [1.29, 1.82) is 0 Å². The molecule has 3 heterocycles. The van der Waals surface area contributed by atoms with Crippen molar-refractivity contribution in [3.63, 3.8) is 0 Å². The molecule has 0 saturated carbocycles. The molecule has 0 aliphatic rings. The number of unbranched alkanes of at least 4 members (excludes halogenated alkanes) is 2. The minimum atomic E-state index is -0.319. The van der Waals surface area contributed by atoms with Crippen LogP contribution in [0.4, 0.5) is 11.6 Å². The number of ether oxygens (including phenoxy) is 1. The second kappa shape index (κ2) is 9.18. The zero-order valence-electron chi connectivity index (χ0n) is 18.6. The van der Waals surface area contributed by atoms with Gasteiger partial charge in [-0.3, -0.25) is 9.78 Å². The second-order valence-electron chi connectivity index (χ2n) is 8.08. The number of fused-ring (bicyclic) bond motifs is 3. The summed E-state index contributed by atoms with van der Waals surface area (Å²) in [5.74, 6) is 0.879. The molecule has 5 rings (SSSR count). The van der Waals surface area contributed by atoms with Crippen LogP contribution in [0.25, 0.3) is 33.0 Å².